The topological polar surface area (TPSA) is 0 Å². The lowest BCUT2D eigenvalue weighted by atomic mass is 9.91. The normalized spacial score (nSPS) is 12.0. The van der Waals surface area contributed by atoms with Crippen molar-refractivity contribution in [2.45, 2.75) is 0 Å². The van der Waals surface area contributed by atoms with Crippen LogP contribution in [-0.2, 0) is 0 Å². The summed E-state index contributed by atoms with van der Waals surface area (Å²) in [5, 5.41) is 20.7. The fourth-order valence-electron chi connectivity index (χ4n) is 8.50. The summed E-state index contributed by atoms with van der Waals surface area (Å²) in [6, 6.07) is 67.7. The Morgan fingerprint density at radius 1 is 0.160 bits per heavy atom. The summed E-state index contributed by atoms with van der Waals surface area (Å²) in [6.45, 7) is 0. The van der Waals surface area contributed by atoms with Crippen molar-refractivity contribution in [3.05, 3.63) is 182 Å². The molecule has 11 aromatic rings. The van der Waals surface area contributed by atoms with Gasteiger partial charge in [0.05, 0.1) is 0 Å². The van der Waals surface area contributed by atoms with E-state index < -0.39 is 0 Å². The van der Waals surface area contributed by atoms with Crippen molar-refractivity contribution in [3.8, 4) is 22.3 Å². The van der Waals surface area contributed by atoms with Gasteiger partial charge < -0.3 is 0 Å². The second kappa shape index (κ2) is 10.5. The number of fused-ring (bicyclic) bond motifs is 14. The molecule has 0 spiro atoms. The molecule has 50 heavy (non-hydrogen) atoms. The summed E-state index contributed by atoms with van der Waals surface area (Å²) >= 11 is 0. The van der Waals surface area contributed by atoms with Crippen molar-refractivity contribution in [1.29, 1.82) is 0 Å². The highest BCUT2D eigenvalue weighted by Crippen LogP contribution is 2.39. The molecular weight excluding hydrogens is 601 g/mol. The minimum absolute atomic E-state index is 1.24. The largest absolute Gasteiger partial charge is 0.0616 e. The van der Waals surface area contributed by atoms with Crippen LogP contribution in [0.15, 0.2) is 182 Å². The van der Waals surface area contributed by atoms with Gasteiger partial charge in [-0.1, -0.05) is 158 Å². The fourth-order valence-corrected chi connectivity index (χ4v) is 8.50. The van der Waals surface area contributed by atoms with Crippen LogP contribution in [0.2, 0.25) is 0 Å². The molecule has 11 aromatic carbocycles. The van der Waals surface area contributed by atoms with Crippen LogP contribution >= 0.6 is 0 Å². The smallest absolute Gasteiger partial charge is 0.00928 e. The van der Waals surface area contributed by atoms with Crippen LogP contribution in [0.1, 0.15) is 0 Å². The van der Waals surface area contributed by atoms with Gasteiger partial charge >= 0.3 is 0 Å². The molecule has 0 aliphatic rings. The highest BCUT2D eigenvalue weighted by atomic mass is 14.2. The minimum atomic E-state index is 1.24. The molecule has 0 amide bonds. The molecule has 0 nitrogen and oxygen atoms in total. The first-order valence-electron chi connectivity index (χ1n) is 17.4. The molecule has 0 aliphatic carbocycles. The Balaban J connectivity index is 1.04. The molecule has 0 saturated heterocycles. The zero-order chi connectivity index (χ0) is 32.8. The quantitative estimate of drug-likeness (QED) is 0.167. The molecule has 11 rings (SSSR count). The van der Waals surface area contributed by atoms with Crippen LogP contribution in [0, 0.1) is 0 Å². The molecule has 0 aliphatic heterocycles. The average molecular weight is 631 g/mol. The third-order valence-corrected chi connectivity index (χ3v) is 11.0. The molecule has 0 aromatic heterocycles. The third-order valence-electron chi connectivity index (χ3n) is 11.0. The van der Waals surface area contributed by atoms with Gasteiger partial charge in [-0.25, -0.2) is 0 Å². The fraction of sp³-hybridized carbons (Fsp3) is 0. The summed E-state index contributed by atoms with van der Waals surface area (Å²) in [6.07, 6.45) is 0. The van der Waals surface area contributed by atoms with Crippen LogP contribution < -0.4 is 0 Å². The van der Waals surface area contributed by atoms with Crippen molar-refractivity contribution in [2.75, 3.05) is 0 Å². The van der Waals surface area contributed by atoms with Gasteiger partial charge in [0.15, 0.2) is 0 Å². The minimum Gasteiger partial charge on any atom is -0.0616 e. The van der Waals surface area contributed by atoms with Gasteiger partial charge in [0.2, 0.25) is 0 Å². The Morgan fingerprint density at radius 3 is 1.10 bits per heavy atom. The second-order valence-corrected chi connectivity index (χ2v) is 13.7. The summed E-state index contributed by atoms with van der Waals surface area (Å²) in [5.74, 6) is 0. The number of hydrogen-bond donors (Lipinski definition) is 0. The van der Waals surface area contributed by atoms with Crippen LogP contribution in [0.5, 0.6) is 0 Å². The molecule has 230 valence electrons. The van der Waals surface area contributed by atoms with E-state index >= 15 is 0 Å². The monoisotopic (exact) mass is 630 g/mol. The van der Waals surface area contributed by atoms with Crippen molar-refractivity contribution < 1.29 is 0 Å². The highest BCUT2D eigenvalue weighted by molar-refractivity contribution is 6.26. The van der Waals surface area contributed by atoms with Crippen molar-refractivity contribution in [3.63, 3.8) is 0 Å². The number of hydrogen-bond acceptors (Lipinski definition) is 0. The lowest BCUT2D eigenvalue weighted by Crippen LogP contribution is -1.86. The van der Waals surface area contributed by atoms with E-state index in [1.807, 2.05) is 0 Å². The van der Waals surface area contributed by atoms with E-state index in [0.717, 1.165) is 0 Å². The summed E-state index contributed by atoms with van der Waals surface area (Å²) in [7, 11) is 0. The Kier molecular flexibility index (Phi) is 5.76. The van der Waals surface area contributed by atoms with Gasteiger partial charge in [-0.15, -0.1) is 0 Å². The lowest BCUT2D eigenvalue weighted by molar-refractivity contribution is 1.68. The van der Waals surface area contributed by atoms with Gasteiger partial charge in [0.25, 0.3) is 0 Å². The number of benzene rings is 11. The van der Waals surface area contributed by atoms with Crippen LogP contribution in [-0.4, -0.2) is 0 Å². The van der Waals surface area contributed by atoms with E-state index in [2.05, 4.69) is 182 Å². The number of rotatable bonds is 2. The van der Waals surface area contributed by atoms with Crippen LogP contribution in [0.4, 0.5) is 0 Å². The lowest BCUT2D eigenvalue weighted by Gasteiger charge is -2.13. The van der Waals surface area contributed by atoms with Crippen LogP contribution in [0.3, 0.4) is 0 Å². The summed E-state index contributed by atoms with van der Waals surface area (Å²) in [4.78, 5) is 0. The third kappa shape index (κ3) is 4.06. The zero-order valence-corrected chi connectivity index (χ0v) is 27.3. The SMILES string of the molecule is c1ccc2c(c1)ccc1c3cc(-c4ccc5ccc6cc(-c7ccc8c9ccccc9c9ccccc9c8c7)ccc6c5c4)ccc3ccc21. The molecule has 0 saturated carbocycles. The van der Waals surface area contributed by atoms with Gasteiger partial charge in [-0.05, 0) is 133 Å². The predicted molar refractivity (Wildman–Crippen MR) is 217 cm³/mol. The Labute approximate surface area is 289 Å². The van der Waals surface area contributed by atoms with Crippen molar-refractivity contribution in [2.24, 2.45) is 0 Å². The molecule has 0 N–H and O–H groups in total. The van der Waals surface area contributed by atoms with Gasteiger partial charge in [-0.2, -0.15) is 0 Å². The van der Waals surface area contributed by atoms with Crippen molar-refractivity contribution >= 4 is 86.2 Å². The maximum Gasteiger partial charge on any atom is -0.00928 e. The van der Waals surface area contributed by atoms with E-state index in [0.29, 0.717) is 0 Å². The standard InChI is InChI=1S/C50H30/c1-2-8-39-31(7-1)19-25-46-45(39)24-20-33-14-17-36(29-49(33)46)35-16-13-32-15-18-38-27-34(21-23-40(38)48(32)28-35)37-22-26-47-43-11-4-3-9-41(43)42-10-5-6-12-44(42)50(47)30-37/h1-30H. The Hall–Kier alpha value is -6.50. The first-order chi connectivity index (χ1) is 24.8. The van der Waals surface area contributed by atoms with E-state index in [9.17, 15) is 0 Å². The molecule has 0 fully saturated rings. The highest BCUT2D eigenvalue weighted by Gasteiger charge is 2.12. The van der Waals surface area contributed by atoms with E-state index in [1.54, 1.807) is 0 Å². The maximum absolute atomic E-state index is 2.39. The summed E-state index contributed by atoms with van der Waals surface area (Å²) < 4.78 is 0. The molecule has 0 heteroatoms. The molecule has 0 atom stereocenters. The Morgan fingerprint density at radius 2 is 0.460 bits per heavy atom. The Bertz CT molecular complexity index is 3160. The average Bonchev–Trinajstić information content (AvgIpc) is 3.19. The first kappa shape index (κ1) is 27.5. The van der Waals surface area contributed by atoms with E-state index in [-0.39, 0.29) is 0 Å². The zero-order valence-electron chi connectivity index (χ0n) is 27.3. The molecule has 0 radical (unpaired) electrons. The first-order valence-corrected chi connectivity index (χ1v) is 17.4. The molecule has 0 bridgehead atoms. The van der Waals surface area contributed by atoms with E-state index in [4.69, 9.17) is 0 Å². The van der Waals surface area contributed by atoms with Crippen LogP contribution in [0.25, 0.3) is 108 Å². The van der Waals surface area contributed by atoms with Gasteiger partial charge in [-0.3, -0.25) is 0 Å². The molecule has 0 heterocycles. The van der Waals surface area contributed by atoms with Crippen molar-refractivity contribution in [1.82, 2.24) is 0 Å². The second-order valence-electron chi connectivity index (χ2n) is 13.7. The maximum atomic E-state index is 2.39. The molecule has 0 unspecified atom stereocenters. The van der Waals surface area contributed by atoms with E-state index in [1.165, 1.54) is 108 Å². The summed E-state index contributed by atoms with van der Waals surface area (Å²) in [5.41, 5.74) is 4.96. The van der Waals surface area contributed by atoms with Gasteiger partial charge in [0.1, 0.15) is 0 Å². The predicted octanol–water partition coefficient (Wildman–Crippen LogP) is 14.2. The molecular formula is C50H30. The van der Waals surface area contributed by atoms with Gasteiger partial charge in [0, 0.05) is 0 Å².